The fraction of sp³-hybridized carbons (Fsp3) is 0.200. The van der Waals surface area contributed by atoms with Gasteiger partial charge in [0.1, 0.15) is 23.4 Å². The summed E-state index contributed by atoms with van der Waals surface area (Å²) in [5.74, 6) is 2.37. The van der Waals surface area contributed by atoms with E-state index in [4.69, 9.17) is 14.6 Å². The summed E-state index contributed by atoms with van der Waals surface area (Å²) < 4.78 is 11.4. The van der Waals surface area contributed by atoms with Gasteiger partial charge in [-0.15, -0.1) is 0 Å². The monoisotopic (exact) mass is 274 g/mol. The molecule has 0 bridgehead atoms. The number of hydrogen-bond acceptors (Lipinski definition) is 4. The van der Waals surface area contributed by atoms with Gasteiger partial charge in [0.15, 0.2) is 0 Å². The number of benzene rings is 2. The van der Waals surface area contributed by atoms with Crippen LogP contribution in [-0.2, 0) is 0 Å². The van der Waals surface area contributed by atoms with Gasteiger partial charge in [0, 0.05) is 6.07 Å². The van der Waals surface area contributed by atoms with Gasteiger partial charge in [-0.3, -0.25) is 0 Å². The summed E-state index contributed by atoms with van der Waals surface area (Å²) in [7, 11) is 0. The molecule has 1 unspecified atom stereocenters. The van der Waals surface area contributed by atoms with Gasteiger partial charge in [0.05, 0.1) is 16.4 Å². The van der Waals surface area contributed by atoms with Gasteiger partial charge in [0.25, 0.3) is 0 Å². The smallest absolute Gasteiger partial charge is 0.145 e. The zero-order valence-electron chi connectivity index (χ0n) is 10.5. The van der Waals surface area contributed by atoms with Gasteiger partial charge < -0.3 is 14.6 Å². The molecule has 0 spiro atoms. The van der Waals surface area contributed by atoms with Gasteiger partial charge in [-0.05, 0) is 31.2 Å². The molecule has 4 heteroatoms. The van der Waals surface area contributed by atoms with E-state index in [2.05, 4.69) is 0 Å². The minimum atomic E-state index is -0.221. The van der Waals surface area contributed by atoms with E-state index in [-0.39, 0.29) is 12.7 Å². The molecule has 0 aromatic heterocycles. The van der Waals surface area contributed by atoms with Crippen LogP contribution in [-0.4, -0.2) is 17.8 Å². The minimum absolute atomic E-state index is 0.00444. The standard InChI is InChI=1S/C15H14O3S/c1-10(9-16)17-11-6-7-15-13(8-11)18-12-4-2-3-5-14(12)19-15/h2-8,10,16H,9H2,1H3. The van der Waals surface area contributed by atoms with Crippen molar-refractivity contribution in [2.75, 3.05) is 6.61 Å². The van der Waals surface area contributed by atoms with Gasteiger partial charge in [-0.25, -0.2) is 0 Å². The zero-order valence-corrected chi connectivity index (χ0v) is 11.3. The number of aliphatic hydroxyl groups is 1. The third-order valence-electron chi connectivity index (χ3n) is 2.80. The number of fused-ring (bicyclic) bond motifs is 2. The van der Waals surface area contributed by atoms with Crippen molar-refractivity contribution in [2.45, 2.75) is 22.8 Å². The third-order valence-corrected chi connectivity index (χ3v) is 3.91. The molecule has 2 aromatic rings. The second-order valence-corrected chi connectivity index (χ2v) is 5.45. The lowest BCUT2D eigenvalue weighted by atomic mass is 10.3. The van der Waals surface area contributed by atoms with Crippen LogP contribution < -0.4 is 9.47 Å². The van der Waals surface area contributed by atoms with Crippen molar-refractivity contribution in [1.29, 1.82) is 0 Å². The van der Waals surface area contributed by atoms with E-state index in [0.717, 1.165) is 21.3 Å². The van der Waals surface area contributed by atoms with E-state index in [1.54, 1.807) is 11.8 Å². The first-order valence-electron chi connectivity index (χ1n) is 6.12. The Labute approximate surface area is 116 Å². The zero-order chi connectivity index (χ0) is 13.2. The molecule has 0 saturated heterocycles. The van der Waals surface area contributed by atoms with E-state index in [1.807, 2.05) is 49.4 Å². The van der Waals surface area contributed by atoms with Crippen molar-refractivity contribution in [2.24, 2.45) is 0 Å². The molecule has 1 aliphatic heterocycles. The predicted molar refractivity (Wildman–Crippen MR) is 74.3 cm³/mol. The maximum Gasteiger partial charge on any atom is 0.145 e. The summed E-state index contributed by atoms with van der Waals surface area (Å²) in [4.78, 5) is 2.19. The summed E-state index contributed by atoms with van der Waals surface area (Å²) in [5.41, 5.74) is 0. The predicted octanol–water partition coefficient (Wildman–Crippen LogP) is 3.70. The van der Waals surface area contributed by atoms with Crippen molar-refractivity contribution >= 4 is 11.8 Å². The Morgan fingerprint density at radius 3 is 2.79 bits per heavy atom. The molecule has 3 rings (SSSR count). The lowest BCUT2D eigenvalue weighted by Crippen LogP contribution is -2.16. The van der Waals surface area contributed by atoms with E-state index < -0.39 is 0 Å². The van der Waals surface area contributed by atoms with Crippen LogP contribution in [0.4, 0.5) is 0 Å². The van der Waals surface area contributed by atoms with E-state index in [9.17, 15) is 0 Å². The Morgan fingerprint density at radius 1 is 1.16 bits per heavy atom. The molecular formula is C15H14O3S. The third kappa shape index (κ3) is 2.55. The normalized spacial score (nSPS) is 14.0. The Bertz CT molecular complexity index is 598. The maximum absolute atomic E-state index is 9.00. The molecule has 0 aliphatic carbocycles. The second kappa shape index (κ2) is 5.15. The summed E-state index contributed by atoms with van der Waals surface area (Å²) in [6, 6.07) is 13.7. The number of para-hydroxylation sites is 1. The van der Waals surface area contributed by atoms with Crippen LogP contribution in [0.1, 0.15) is 6.92 Å². The summed E-state index contributed by atoms with van der Waals surface area (Å²) in [6.45, 7) is 1.82. The summed E-state index contributed by atoms with van der Waals surface area (Å²) >= 11 is 1.69. The Hall–Kier alpha value is -1.65. The lowest BCUT2D eigenvalue weighted by molar-refractivity contribution is 0.129. The molecule has 98 valence electrons. The van der Waals surface area contributed by atoms with E-state index in [0.29, 0.717) is 5.75 Å². The van der Waals surface area contributed by atoms with Gasteiger partial charge in [-0.2, -0.15) is 0 Å². The van der Waals surface area contributed by atoms with E-state index >= 15 is 0 Å². The fourth-order valence-corrected chi connectivity index (χ4v) is 2.78. The summed E-state index contributed by atoms with van der Waals surface area (Å²) in [5, 5.41) is 9.00. The molecule has 1 aliphatic rings. The molecule has 1 atom stereocenters. The Kier molecular flexibility index (Phi) is 3.36. The van der Waals surface area contributed by atoms with Crippen LogP contribution in [0.2, 0.25) is 0 Å². The Morgan fingerprint density at radius 2 is 1.95 bits per heavy atom. The van der Waals surface area contributed by atoms with Crippen LogP contribution in [0, 0.1) is 0 Å². The molecular weight excluding hydrogens is 260 g/mol. The first kappa shape index (κ1) is 12.4. The number of ether oxygens (including phenoxy) is 2. The van der Waals surface area contributed by atoms with Crippen molar-refractivity contribution in [3.63, 3.8) is 0 Å². The quantitative estimate of drug-likeness (QED) is 0.790. The van der Waals surface area contributed by atoms with Crippen molar-refractivity contribution in [1.82, 2.24) is 0 Å². The molecule has 1 heterocycles. The highest BCUT2D eigenvalue weighted by Crippen LogP contribution is 2.47. The van der Waals surface area contributed by atoms with Crippen molar-refractivity contribution < 1.29 is 14.6 Å². The molecule has 1 N–H and O–H groups in total. The second-order valence-electron chi connectivity index (χ2n) is 4.37. The molecule has 19 heavy (non-hydrogen) atoms. The largest absolute Gasteiger partial charge is 0.488 e. The molecule has 0 amide bonds. The number of aliphatic hydroxyl groups excluding tert-OH is 1. The Balaban J connectivity index is 1.87. The van der Waals surface area contributed by atoms with Crippen LogP contribution in [0.3, 0.4) is 0 Å². The van der Waals surface area contributed by atoms with Crippen LogP contribution in [0.25, 0.3) is 0 Å². The number of hydrogen-bond donors (Lipinski definition) is 1. The molecule has 2 aromatic carbocycles. The summed E-state index contributed by atoms with van der Waals surface area (Å²) in [6.07, 6.45) is -0.221. The molecule has 0 fully saturated rings. The van der Waals surface area contributed by atoms with Crippen LogP contribution in [0.15, 0.2) is 52.3 Å². The first-order valence-corrected chi connectivity index (χ1v) is 6.94. The van der Waals surface area contributed by atoms with Crippen molar-refractivity contribution in [3.8, 4) is 17.2 Å². The average molecular weight is 274 g/mol. The SMILES string of the molecule is CC(CO)Oc1ccc2c(c1)Oc1ccccc1S2. The highest BCUT2D eigenvalue weighted by atomic mass is 32.2. The fourth-order valence-electron chi connectivity index (χ4n) is 1.85. The van der Waals surface area contributed by atoms with Crippen LogP contribution >= 0.6 is 11.8 Å². The molecule has 0 saturated carbocycles. The van der Waals surface area contributed by atoms with Gasteiger partial charge in [-0.1, -0.05) is 23.9 Å². The molecule has 3 nitrogen and oxygen atoms in total. The number of rotatable bonds is 3. The molecule has 0 radical (unpaired) electrons. The lowest BCUT2D eigenvalue weighted by Gasteiger charge is -2.20. The van der Waals surface area contributed by atoms with Crippen LogP contribution in [0.5, 0.6) is 17.2 Å². The highest BCUT2D eigenvalue weighted by Gasteiger charge is 2.18. The minimum Gasteiger partial charge on any atom is -0.488 e. The maximum atomic E-state index is 9.00. The average Bonchev–Trinajstić information content (AvgIpc) is 2.45. The topological polar surface area (TPSA) is 38.7 Å². The van der Waals surface area contributed by atoms with E-state index in [1.165, 1.54) is 0 Å². The van der Waals surface area contributed by atoms with Gasteiger partial charge >= 0.3 is 0 Å². The highest BCUT2D eigenvalue weighted by molar-refractivity contribution is 7.99. The first-order chi connectivity index (χ1) is 9.26. The van der Waals surface area contributed by atoms with Gasteiger partial charge in [0.2, 0.25) is 0 Å². The van der Waals surface area contributed by atoms with Crippen molar-refractivity contribution in [3.05, 3.63) is 42.5 Å².